The maximum Gasteiger partial charge on any atom is 0.411 e. The van der Waals surface area contributed by atoms with Gasteiger partial charge in [-0.1, -0.05) is 159 Å². The second-order valence-corrected chi connectivity index (χ2v) is 33.6. The molecule has 0 radical (unpaired) electrons. The van der Waals surface area contributed by atoms with Crippen LogP contribution in [0.15, 0.2) is 231 Å². The first kappa shape index (κ1) is 109. The first-order chi connectivity index (χ1) is 58.5. The van der Waals surface area contributed by atoms with Crippen LogP contribution in [0.4, 0.5) is 74.3 Å². The summed E-state index contributed by atoms with van der Waals surface area (Å²) < 4.78 is 57.4. The van der Waals surface area contributed by atoms with Crippen molar-refractivity contribution < 1.29 is 59.9 Å². The van der Waals surface area contributed by atoms with Crippen molar-refractivity contribution in [2.75, 3.05) is 93.4 Å². The molecule has 1 unspecified atom stereocenters. The maximum absolute atomic E-state index is 11.5. The molecule has 674 valence electrons. The molecule has 0 aliphatic carbocycles. The normalized spacial score (nSPS) is 10.3. The fourth-order valence-electron chi connectivity index (χ4n) is 9.76. The summed E-state index contributed by atoms with van der Waals surface area (Å²) in [7, 11) is -1.81. The molecule has 0 aromatic heterocycles. The molecule has 11 N–H and O–H groups in total. The molecular weight excluding hydrogens is 1610 g/mol. The zero-order valence-corrected chi connectivity index (χ0v) is 78.1. The third-order valence-electron chi connectivity index (χ3n) is 16.7. The minimum Gasteiger partial charge on any atom is -0.453 e. The Morgan fingerprint density at radius 2 is 0.718 bits per heavy atom. The van der Waals surface area contributed by atoms with Crippen LogP contribution in [-0.2, 0) is 29.5 Å². The first-order valence-corrected chi connectivity index (χ1v) is 44.5. The third kappa shape index (κ3) is 51.8. The molecule has 26 nitrogen and oxygen atoms in total. The molecule has 28 heteroatoms. The summed E-state index contributed by atoms with van der Waals surface area (Å²) in [5, 5.41) is 30.1. The summed E-state index contributed by atoms with van der Waals surface area (Å²) in [5.74, 6) is 0.118. The highest BCUT2D eigenvalue weighted by atomic mass is 32.2. The van der Waals surface area contributed by atoms with E-state index >= 15 is 0 Å². The van der Waals surface area contributed by atoms with Gasteiger partial charge in [-0.05, 0) is 266 Å². The number of hydrogen-bond acceptors (Lipinski definition) is 13. The second kappa shape index (κ2) is 60.7. The molecule has 0 saturated heterocycles. The molecule has 0 fully saturated rings. The minimum atomic E-state index is -3.14. The van der Waals surface area contributed by atoms with Gasteiger partial charge in [-0.3, -0.25) is 24.0 Å². The van der Waals surface area contributed by atoms with E-state index < -0.39 is 32.2 Å². The molecule has 0 aliphatic rings. The number of amides is 11. The number of aryl methyl sites for hydroxylation is 9. The lowest BCUT2D eigenvalue weighted by atomic mass is 10.1. The highest BCUT2D eigenvalue weighted by Gasteiger charge is 2.16. The van der Waals surface area contributed by atoms with Gasteiger partial charge in [0.1, 0.15) is 6.10 Å². The fraction of sp³-hybridized carbons (Fsp3) is 0.344. The predicted octanol–water partition coefficient (Wildman–Crippen LogP) is 21.1. The summed E-state index contributed by atoms with van der Waals surface area (Å²) in [6.45, 7) is 40.6. The lowest BCUT2D eigenvalue weighted by Crippen LogP contribution is -2.34. The number of carbonyl (C=O) groups is 7. The monoisotopic (exact) mass is 1740 g/mol. The number of sulfonamides is 2. The average molecular weight is 1740 g/mol. The Morgan fingerprint density at radius 1 is 0.395 bits per heavy atom. The van der Waals surface area contributed by atoms with Gasteiger partial charge >= 0.3 is 36.3 Å². The number of hydrogen-bond donors (Lipinski definition) is 11. The Bertz CT molecular complexity index is 4920. The molecule has 0 saturated carbocycles. The topological polar surface area (TPSA) is 345 Å². The number of carbonyl (C=O) groups excluding carboxylic acids is 7. The number of nitrogens with zero attached hydrogens (tertiary/aromatic N) is 2. The van der Waals surface area contributed by atoms with Crippen LogP contribution in [0, 0.1) is 62.3 Å². The minimum absolute atomic E-state index is 0.00463. The van der Waals surface area contributed by atoms with Gasteiger partial charge < -0.3 is 57.3 Å². The molecule has 1 atom stereocenters. The van der Waals surface area contributed by atoms with E-state index in [0.717, 1.165) is 116 Å². The summed E-state index contributed by atoms with van der Waals surface area (Å²) in [5.41, 5.74) is 17.1. The van der Waals surface area contributed by atoms with Gasteiger partial charge in [-0.2, -0.15) is 0 Å². The number of nitrogens with one attached hydrogen (secondary N) is 11. The molecule has 0 aliphatic heterocycles. The number of methoxy groups -OCH3 is 1. The van der Waals surface area contributed by atoms with Gasteiger partial charge in [0, 0.05) is 85.5 Å². The number of benzene rings is 9. The Morgan fingerprint density at radius 3 is 1.02 bits per heavy atom. The zero-order valence-electron chi connectivity index (χ0n) is 76.5. The van der Waals surface area contributed by atoms with Crippen molar-refractivity contribution in [1.82, 2.24) is 26.6 Å². The van der Waals surface area contributed by atoms with Gasteiger partial charge in [0.2, 0.25) is 20.0 Å². The van der Waals surface area contributed by atoms with E-state index in [1.807, 2.05) is 317 Å². The van der Waals surface area contributed by atoms with Gasteiger partial charge in [-0.15, -0.1) is 6.58 Å². The van der Waals surface area contributed by atoms with E-state index in [1.165, 1.54) is 27.5 Å². The van der Waals surface area contributed by atoms with Crippen LogP contribution < -0.4 is 67.1 Å². The maximum atomic E-state index is 11.5. The molecule has 9 aromatic rings. The van der Waals surface area contributed by atoms with Crippen molar-refractivity contribution in [3.63, 3.8) is 0 Å². The molecule has 9 aromatic carbocycles. The second-order valence-electron chi connectivity index (χ2n) is 29.3. The molecule has 0 bridgehead atoms. The average Bonchev–Trinajstić information content (AvgIpc) is 0.848. The molecule has 0 spiro atoms. The number of urea groups is 4. The molecular formula is C96H135N13O13S2. The summed E-state index contributed by atoms with van der Waals surface area (Å²) in [6, 6.07) is 68.0. The van der Waals surface area contributed by atoms with Gasteiger partial charge in [0.05, 0.1) is 30.5 Å². The van der Waals surface area contributed by atoms with Gasteiger partial charge in [0.15, 0.2) is 0 Å². The summed E-state index contributed by atoms with van der Waals surface area (Å²) >= 11 is 0. The number of unbranched alkanes of at least 4 members (excludes halogenated alkanes) is 1. The number of anilines is 8. The SMILES string of the molecule is C=CCNC(=O)Nc1cccc(C)c1.CCC(C)OC(=O)Nc1cccc(C)c1.CCCCNC(=O)Nc1cccc(C)c1.CCCNC(=O)Nc1cccc(C)c1.CCS(=O)(=O)N(C)c1ccc(C)cc1.COC(=O)Nc1cccc(C)c1.Cc1ccc(C(=O)NC(C)C)cc1.Cc1ccc(N(C)S(C)(=O)=O)cc1.Cc1cccc(NC(=O)NC(C)C)c1. The molecule has 0 heterocycles. The van der Waals surface area contributed by atoms with Crippen molar-refractivity contribution in [1.29, 1.82) is 0 Å². The highest BCUT2D eigenvalue weighted by molar-refractivity contribution is 7.92. The van der Waals surface area contributed by atoms with Crippen LogP contribution in [0.2, 0.25) is 0 Å². The Balaban J connectivity index is 0.000000698. The molecule has 124 heavy (non-hydrogen) atoms. The lowest BCUT2D eigenvalue weighted by molar-refractivity contribution is 0.0942. The van der Waals surface area contributed by atoms with Crippen molar-refractivity contribution >= 4 is 108 Å². The van der Waals surface area contributed by atoms with Crippen LogP contribution in [0.3, 0.4) is 0 Å². The van der Waals surface area contributed by atoms with Crippen molar-refractivity contribution in [2.45, 2.75) is 168 Å². The van der Waals surface area contributed by atoms with Crippen LogP contribution in [0.5, 0.6) is 0 Å². The largest absolute Gasteiger partial charge is 0.453 e. The third-order valence-corrected chi connectivity index (χ3v) is 19.7. The van der Waals surface area contributed by atoms with Crippen LogP contribution in [-0.4, -0.2) is 130 Å². The Labute approximate surface area is 738 Å². The number of ether oxygens (including phenoxy) is 2. The van der Waals surface area contributed by atoms with E-state index in [0.29, 0.717) is 24.5 Å². The molecule has 11 amide bonds. The smallest absolute Gasteiger partial charge is 0.411 e. The quantitative estimate of drug-likeness (QED) is 0.0210. The van der Waals surface area contributed by atoms with Crippen LogP contribution in [0.25, 0.3) is 0 Å². The van der Waals surface area contributed by atoms with E-state index in [2.05, 4.69) is 76.7 Å². The summed E-state index contributed by atoms with van der Waals surface area (Å²) in [6.07, 6.45) is 5.81. The van der Waals surface area contributed by atoms with E-state index in [4.69, 9.17) is 4.74 Å². The number of rotatable bonds is 23. The van der Waals surface area contributed by atoms with E-state index in [-0.39, 0.29) is 54.0 Å². The predicted molar refractivity (Wildman–Crippen MR) is 514 cm³/mol. The van der Waals surface area contributed by atoms with Crippen LogP contribution >= 0.6 is 0 Å². The van der Waals surface area contributed by atoms with Crippen LogP contribution in [0.1, 0.15) is 148 Å². The van der Waals surface area contributed by atoms with Gasteiger partial charge in [0.25, 0.3) is 5.91 Å². The van der Waals surface area contributed by atoms with E-state index in [9.17, 15) is 50.4 Å². The van der Waals surface area contributed by atoms with E-state index in [1.54, 1.807) is 39.2 Å². The lowest BCUT2D eigenvalue weighted by Gasteiger charge is -2.18. The standard InChI is InChI=1S/C12H18N2O.C12H17NO2.2C11H16N2O.C11H14N2O.C11H15NO.C10H15NO2S.C9H13NO2S.C9H11NO2/c1-3-4-8-13-12(15)14-11-7-5-6-10(2)9-11;1-4-10(3)15-12(14)13-11-7-5-6-9(2)8-11;1-8(2)12-11(14)13-10-6-4-5-9(3)7-10;2*1-3-7-12-11(14)13-10-6-4-5-9(2)8-10;1-8(2)12-11(13)10-6-4-9(3)5-7-10;1-4-14(12,13)11(3)10-7-5-9(2)6-8-10;1-8-4-6-9(7-5-8)10(2)13(3,11)12;1-7-4-3-5-8(6-7)10-9(11)12-2/h5-7,9H,3-4,8H2,1-2H3,(H2,13,14,15);5-8,10H,4H2,1-3H3,(H,13,14);4-8H,1-3H3,(H2,12,13,14);4-6,8H,3,7H2,1-2H3,(H2,12,13,14);3-6,8H,1,7H2,2H3,(H2,12,13,14);4-8H,1-3H3,(H,12,13);5-8H,4H2,1-3H3;4-7H,1-3H3;3-6H,1-2H3,(H,10,11). The zero-order chi connectivity index (χ0) is 93.3. The van der Waals surface area contributed by atoms with Crippen molar-refractivity contribution in [2.24, 2.45) is 0 Å². The Kier molecular flexibility index (Phi) is 53.5. The molecule has 9 rings (SSSR count). The first-order valence-electron chi connectivity index (χ1n) is 41.0. The van der Waals surface area contributed by atoms with Crippen molar-refractivity contribution in [3.05, 3.63) is 287 Å². The summed E-state index contributed by atoms with van der Waals surface area (Å²) in [4.78, 5) is 78.7. The van der Waals surface area contributed by atoms with Crippen molar-refractivity contribution in [3.8, 4) is 0 Å². The highest BCUT2D eigenvalue weighted by Crippen LogP contribution is 2.20. The fourth-order valence-corrected chi connectivity index (χ4v) is 11.1. The Hall–Kier alpha value is -12.7. The van der Waals surface area contributed by atoms with Gasteiger partial charge in [-0.25, -0.2) is 45.6 Å².